The van der Waals surface area contributed by atoms with Gasteiger partial charge >= 0.3 is 0 Å². The molecule has 0 amide bonds. The molecule has 0 N–H and O–H groups in total. The number of benzene rings is 9. The minimum Gasteiger partial charge on any atom is -0.309 e. The minimum atomic E-state index is 0.0366. The molecule has 320 valence electrons. The van der Waals surface area contributed by atoms with E-state index in [1.54, 1.807) is 0 Å². The molecule has 68 heavy (non-hydrogen) atoms. The minimum absolute atomic E-state index is 0.0366. The van der Waals surface area contributed by atoms with Crippen molar-refractivity contribution in [2.24, 2.45) is 0 Å². The van der Waals surface area contributed by atoms with Gasteiger partial charge in [0, 0.05) is 55.4 Å². The van der Waals surface area contributed by atoms with Gasteiger partial charge in [-0.1, -0.05) is 194 Å². The van der Waals surface area contributed by atoms with Crippen LogP contribution < -0.4 is 0 Å². The highest BCUT2D eigenvalue weighted by Gasteiger charge is 2.25. The quantitative estimate of drug-likeness (QED) is 0.153. The van der Waals surface area contributed by atoms with Crippen LogP contribution in [0.1, 0.15) is 18.2 Å². The standard InChI is InChI=1S/C63H43N5/c1-6-20-42(21-7-1)47-34-36-52-55-41-49(67-56-32-18-16-30-50(56)51-31-17-19-33-57(51)67)35-37-58(55)68(59(52)40-47)60-53(43-22-8-2-9-23-43)38-48(39-54(60)44-24-10-3-11-25-44)63-65-61(45-26-12-4-13-27-45)64-62(66-63)46-28-14-5-15-29-46/h1-28,30-41,46H,29H2. The molecule has 0 saturated heterocycles. The molecule has 0 radical (unpaired) electrons. The number of aromatic nitrogens is 5. The summed E-state index contributed by atoms with van der Waals surface area (Å²) in [5.41, 5.74) is 15.3. The Morgan fingerprint density at radius 2 is 0.882 bits per heavy atom. The van der Waals surface area contributed by atoms with Crippen LogP contribution in [-0.4, -0.2) is 24.1 Å². The molecule has 0 fully saturated rings. The highest BCUT2D eigenvalue weighted by atomic mass is 15.0. The lowest BCUT2D eigenvalue weighted by Crippen LogP contribution is -2.08. The molecule has 5 nitrogen and oxygen atoms in total. The van der Waals surface area contributed by atoms with Gasteiger partial charge in [-0.25, -0.2) is 15.0 Å². The van der Waals surface area contributed by atoms with E-state index in [2.05, 4.69) is 234 Å². The third-order valence-electron chi connectivity index (χ3n) is 13.5. The summed E-state index contributed by atoms with van der Waals surface area (Å²) in [6.45, 7) is 0. The maximum atomic E-state index is 5.32. The summed E-state index contributed by atoms with van der Waals surface area (Å²) in [7, 11) is 0. The van der Waals surface area contributed by atoms with Crippen LogP contribution in [0.3, 0.4) is 0 Å². The van der Waals surface area contributed by atoms with Crippen LogP contribution in [0.15, 0.2) is 243 Å². The Morgan fingerprint density at radius 1 is 0.353 bits per heavy atom. The molecule has 3 heterocycles. The highest BCUT2D eigenvalue weighted by Crippen LogP contribution is 2.45. The second-order valence-corrected chi connectivity index (χ2v) is 17.5. The Hall–Kier alpha value is -8.93. The van der Waals surface area contributed by atoms with Crippen molar-refractivity contribution in [2.75, 3.05) is 0 Å². The molecular formula is C63H43N5. The van der Waals surface area contributed by atoms with Crippen molar-refractivity contribution in [1.29, 1.82) is 0 Å². The van der Waals surface area contributed by atoms with Crippen molar-refractivity contribution >= 4 is 43.6 Å². The Morgan fingerprint density at radius 3 is 1.49 bits per heavy atom. The van der Waals surface area contributed by atoms with Crippen LogP contribution in [-0.2, 0) is 0 Å². The van der Waals surface area contributed by atoms with Crippen molar-refractivity contribution in [3.63, 3.8) is 0 Å². The fourth-order valence-corrected chi connectivity index (χ4v) is 10.3. The molecule has 0 bridgehead atoms. The zero-order valence-corrected chi connectivity index (χ0v) is 37.1. The number of nitrogens with zero attached hydrogens (tertiary/aromatic N) is 5. The van der Waals surface area contributed by atoms with Crippen molar-refractivity contribution < 1.29 is 0 Å². The molecule has 0 aliphatic heterocycles. The highest BCUT2D eigenvalue weighted by molar-refractivity contribution is 6.14. The van der Waals surface area contributed by atoms with Gasteiger partial charge < -0.3 is 9.13 Å². The average molecular weight is 870 g/mol. The molecule has 1 atom stereocenters. The van der Waals surface area contributed by atoms with E-state index in [0.717, 1.165) is 73.6 Å². The molecule has 0 saturated carbocycles. The first-order valence-electron chi connectivity index (χ1n) is 23.3. The second kappa shape index (κ2) is 16.5. The van der Waals surface area contributed by atoms with Gasteiger partial charge in [-0.3, -0.25) is 0 Å². The molecule has 9 aromatic carbocycles. The molecule has 1 aliphatic rings. The fourth-order valence-electron chi connectivity index (χ4n) is 10.3. The van der Waals surface area contributed by atoms with Gasteiger partial charge in [0.2, 0.25) is 0 Å². The van der Waals surface area contributed by atoms with Crippen molar-refractivity contribution in [3.05, 3.63) is 249 Å². The number of allylic oxidation sites excluding steroid dienone is 4. The monoisotopic (exact) mass is 869 g/mol. The summed E-state index contributed by atoms with van der Waals surface area (Å²) in [6, 6.07) is 78.5. The Kier molecular flexibility index (Phi) is 9.57. The smallest absolute Gasteiger partial charge is 0.163 e. The van der Waals surface area contributed by atoms with Gasteiger partial charge in [0.1, 0.15) is 5.82 Å². The summed E-state index contributed by atoms with van der Waals surface area (Å²) in [6.07, 6.45) is 9.40. The Balaban J connectivity index is 1.13. The first-order chi connectivity index (χ1) is 33.7. The normalized spacial score (nSPS) is 13.6. The van der Waals surface area contributed by atoms with Crippen molar-refractivity contribution in [1.82, 2.24) is 24.1 Å². The molecular weight excluding hydrogens is 827 g/mol. The van der Waals surface area contributed by atoms with Gasteiger partial charge in [0.15, 0.2) is 11.6 Å². The predicted molar refractivity (Wildman–Crippen MR) is 281 cm³/mol. The molecule has 0 spiro atoms. The van der Waals surface area contributed by atoms with Gasteiger partial charge in [-0.05, 0) is 77.2 Å². The average Bonchev–Trinajstić information content (AvgIpc) is 3.93. The maximum absolute atomic E-state index is 5.32. The number of rotatable bonds is 8. The molecule has 1 aliphatic carbocycles. The summed E-state index contributed by atoms with van der Waals surface area (Å²) >= 11 is 0. The lowest BCUT2D eigenvalue weighted by atomic mass is 9.92. The van der Waals surface area contributed by atoms with E-state index in [9.17, 15) is 0 Å². The van der Waals surface area contributed by atoms with E-state index in [-0.39, 0.29) is 5.92 Å². The van der Waals surface area contributed by atoms with E-state index in [0.29, 0.717) is 11.6 Å². The van der Waals surface area contributed by atoms with E-state index in [4.69, 9.17) is 15.0 Å². The van der Waals surface area contributed by atoms with Crippen molar-refractivity contribution in [3.8, 4) is 67.5 Å². The van der Waals surface area contributed by atoms with Crippen molar-refractivity contribution in [2.45, 2.75) is 12.3 Å². The molecule has 5 heteroatoms. The lowest BCUT2D eigenvalue weighted by Gasteiger charge is -2.21. The molecule has 3 aromatic heterocycles. The Bertz CT molecular complexity index is 3810. The van der Waals surface area contributed by atoms with E-state index < -0.39 is 0 Å². The van der Waals surface area contributed by atoms with Crippen LogP contribution in [0, 0.1) is 0 Å². The zero-order chi connectivity index (χ0) is 45.0. The molecule has 12 aromatic rings. The zero-order valence-electron chi connectivity index (χ0n) is 37.1. The number of hydrogen-bond donors (Lipinski definition) is 0. The fraction of sp³-hybridized carbons (Fsp3) is 0.0317. The SMILES string of the molecule is C1=CCC(c2nc(-c3ccccc3)nc(-c3cc(-c4ccccc4)c(-n4c5ccc(-n6c7ccccc7c7ccccc76)cc5c5ccc(-c6ccccc6)cc54)c(-c4ccccc4)c3)n2)C=C1. The summed E-state index contributed by atoms with van der Waals surface area (Å²) in [5.74, 6) is 2.10. The van der Waals surface area contributed by atoms with Crippen LogP contribution in [0.25, 0.3) is 111 Å². The first kappa shape index (κ1) is 39.4. The van der Waals surface area contributed by atoms with Crippen LogP contribution >= 0.6 is 0 Å². The topological polar surface area (TPSA) is 48.5 Å². The third-order valence-corrected chi connectivity index (χ3v) is 13.5. The maximum Gasteiger partial charge on any atom is 0.163 e. The van der Waals surface area contributed by atoms with Gasteiger partial charge in [0.25, 0.3) is 0 Å². The second-order valence-electron chi connectivity index (χ2n) is 17.5. The summed E-state index contributed by atoms with van der Waals surface area (Å²) in [5, 5.41) is 4.83. The van der Waals surface area contributed by atoms with Gasteiger partial charge in [0.05, 0.1) is 27.8 Å². The largest absolute Gasteiger partial charge is 0.309 e. The van der Waals surface area contributed by atoms with E-state index in [1.807, 2.05) is 18.2 Å². The van der Waals surface area contributed by atoms with E-state index >= 15 is 0 Å². The van der Waals surface area contributed by atoms with E-state index in [1.165, 1.54) is 38.1 Å². The van der Waals surface area contributed by atoms with Crippen LogP contribution in [0.5, 0.6) is 0 Å². The molecule has 13 rings (SSSR count). The predicted octanol–water partition coefficient (Wildman–Crippen LogP) is 16.0. The number of fused-ring (bicyclic) bond motifs is 6. The third kappa shape index (κ3) is 6.75. The van der Waals surface area contributed by atoms with Crippen LogP contribution in [0.2, 0.25) is 0 Å². The Labute approximate surface area is 394 Å². The lowest BCUT2D eigenvalue weighted by molar-refractivity contribution is 0.764. The first-order valence-corrected chi connectivity index (χ1v) is 23.3. The van der Waals surface area contributed by atoms with Crippen LogP contribution in [0.4, 0.5) is 0 Å². The van der Waals surface area contributed by atoms with Gasteiger partial charge in [-0.2, -0.15) is 0 Å². The number of hydrogen-bond acceptors (Lipinski definition) is 3. The van der Waals surface area contributed by atoms with Gasteiger partial charge in [-0.15, -0.1) is 0 Å². The summed E-state index contributed by atoms with van der Waals surface area (Å²) < 4.78 is 4.92. The molecule has 1 unspecified atom stereocenters. The summed E-state index contributed by atoms with van der Waals surface area (Å²) in [4.78, 5) is 15.7. The number of para-hydroxylation sites is 2.